The molecular weight excluding hydrogens is 512 g/mol. The molecule has 0 unspecified atom stereocenters. The number of fused-ring (bicyclic) bond motifs is 1. The predicted octanol–water partition coefficient (Wildman–Crippen LogP) is 2.65. The van der Waals surface area contributed by atoms with E-state index in [1.54, 1.807) is 0 Å². The summed E-state index contributed by atoms with van der Waals surface area (Å²) < 4.78 is 9.00. The van der Waals surface area contributed by atoms with Crippen LogP contribution in [0.3, 0.4) is 0 Å². The van der Waals surface area contributed by atoms with Crippen molar-refractivity contribution in [3.8, 4) is 22.5 Å². The molecule has 12 nitrogen and oxygen atoms in total. The topological polar surface area (TPSA) is 143 Å². The zero-order valence-electron chi connectivity index (χ0n) is 22.8. The van der Waals surface area contributed by atoms with Crippen molar-refractivity contribution in [3.05, 3.63) is 80.8 Å². The van der Waals surface area contributed by atoms with Crippen molar-refractivity contribution in [1.29, 1.82) is 0 Å². The van der Waals surface area contributed by atoms with E-state index < -0.39 is 23.8 Å². The second-order valence-electron chi connectivity index (χ2n) is 9.87. The smallest absolute Gasteiger partial charge is 0.333 e. The average Bonchev–Trinajstić information content (AvgIpc) is 3.62. The fourth-order valence-corrected chi connectivity index (χ4v) is 4.82. The van der Waals surface area contributed by atoms with Crippen LogP contribution in [0.2, 0.25) is 0 Å². The molecule has 0 aliphatic rings. The summed E-state index contributed by atoms with van der Waals surface area (Å²) in [6, 6.07) is 15.8. The van der Waals surface area contributed by atoms with Gasteiger partial charge in [-0.3, -0.25) is 14.2 Å². The summed E-state index contributed by atoms with van der Waals surface area (Å²) in [5.41, 5.74) is 3.20. The number of nitrogens with zero attached hydrogens (tertiary/aromatic N) is 7. The Balaban J connectivity index is 1.59. The van der Waals surface area contributed by atoms with Gasteiger partial charge in [0.05, 0.1) is 7.11 Å². The summed E-state index contributed by atoms with van der Waals surface area (Å²) in [5.74, 6) is 0.621. The van der Waals surface area contributed by atoms with Crippen molar-refractivity contribution in [1.82, 2.24) is 39.3 Å². The SMILES string of the molecule is CCc1nc2c(c(=O)n(CC(=O)OC)c(=O)n2CC(C)C)n1Cc1ccc(-c2ccccc2-c2nn[nH]n2)cc1. The number of imidazole rings is 1. The molecule has 12 heteroatoms. The maximum absolute atomic E-state index is 13.6. The monoisotopic (exact) mass is 542 g/mol. The van der Waals surface area contributed by atoms with E-state index in [1.807, 2.05) is 73.9 Å². The lowest BCUT2D eigenvalue weighted by molar-refractivity contribution is -0.141. The molecular formula is C28H30N8O4. The van der Waals surface area contributed by atoms with E-state index in [2.05, 4.69) is 20.6 Å². The molecule has 3 heterocycles. The Hall–Kier alpha value is -4.87. The van der Waals surface area contributed by atoms with Crippen LogP contribution in [0.25, 0.3) is 33.7 Å². The molecule has 0 amide bonds. The summed E-state index contributed by atoms with van der Waals surface area (Å²) in [6.45, 7) is 6.15. The maximum atomic E-state index is 13.6. The minimum Gasteiger partial charge on any atom is -0.468 e. The Kier molecular flexibility index (Phi) is 7.41. The van der Waals surface area contributed by atoms with Crippen molar-refractivity contribution in [2.24, 2.45) is 5.92 Å². The van der Waals surface area contributed by atoms with Crippen LogP contribution in [0.15, 0.2) is 58.1 Å². The lowest BCUT2D eigenvalue weighted by Gasteiger charge is -2.14. The van der Waals surface area contributed by atoms with Gasteiger partial charge in [-0.1, -0.05) is 69.3 Å². The highest BCUT2D eigenvalue weighted by Gasteiger charge is 2.23. The van der Waals surface area contributed by atoms with Crippen LogP contribution in [0.4, 0.5) is 0 Å². The van der Waals surface area contributed by atoms with Gasteiger partial charge < -0.3 is 9.30 Å². The first-order chi connectivity index (χ1) is 19.3. The van der Waals surface area contributed by atoms with Crippen LogP contribution in [-0.2, 0) is 35.6 Å². The van der Waals surface area contributed by atoms with E-state index in [0.717, 1.165) is 26.8 Å². The van der Waals surface area contributed by atoms with Crippen LogP contribution in [0.5, 0.6) is 0 Å². The summed E-state index contributed by atoms with van der Waals surface area (Å²) in [7, 11) is 1.22. The summed E-state index contributed by atoms with van der Waals surface area (Å²) >= 11 is 0. The molecule has 0 radical (unpaired) electrons. The van der Waals surface area contributed by atoms with E-state index in [4.69, 9.17) is 9.72 Å². The summed E-state index contributed by atoms with van der Waals surface area (Å²) in [4.78, 5) is 43.7. The number of tetrazole rings is 1. The quantitative estimate of drug-likeness (QED) is 0.280. The number of ether oxygens (including phenoxy) is 1. The van der Waals surface area contributed by atoms with Crippen LogP contribution < -0.4 is 11.2 Å². The van der Waals surface area contributed by atoms with Crippen LogP contribution in [0, 0.1) is 5.92 Å². The van der Waals surface area contributed by atoms with E-state index in [0.29, 0.717) is 36.8 Å². The van der Waals surface area contributed by atoms with Crippen molar-refractivity contribution in [2.45, 2.75) is 46.8 Å². The summed E-state index contributed by atoms with van der Waals surface area (Å²) in [6.07, 6.45) is 0.553. The molecule has 3 aromatic heterocycles. The molecule has 2 aromatic carbocycles. The lowest BCUT2D eigenvalue weighted by Crippen LogP contribution is -2.43. The Labute approximate surface area is 229 Å². The van der Waals surface area contributed by atoms with Gasteiger partial charge >= 0.3 is 11.7 Å². The highest BCUT2D eigenvalue weighted by atomic mass is 16.5. The molecule has 5 rings (SSSR count). The van der Waals surface area contributed by atoms with Crippen LogP contribution >= 0.6 is 0 Å². The van der Waals surface area contributed by atoms with E-state index in [-0.39, 0.29) is 11.4 Å². The molecule has 5 aromatic rings. The van der Waals surface area contributed by atoms with Gasteiger partial charge in [-0.25, -0.2) is 14.3 Å². The van der Waals surface area contributed by atoms with Gasteiger partial charge in [0.2, 0.25) is 5.82 Å². The number of hydrogen-bond acceptors (Lipinski definition) is 8. The Bertz CT molecular complexity index is 1780. The highest BCUT2D eigenvalue weighted by Crippen LogP contribution is 2.30. The normalized spacial score (nSPS) is 11.4. The number of esters is 1. The van der Waals surface area contributed by atoms with Crippen molar-refractivity contribution in [3.63, 3.8) is 0 Å². The van der Waals surface area contributed by atoms with Crippen molar-refractivity contribution < 1.29 is 9.53 Å². The standard InChI is InChI=1S/C28H30N8O4/c1-5-22-29-26-24(27(38)36(16-23(37)40-4)28(39)35(26)14-17(2)3)34(22)15-18-10-12-19(13-11-18)20-8-6-7-9-21(20)25-30-32-33-31-25/h6-13,17H,5,14-16H2,1-4H3,(H,30,31,32,33). The Morgan fingerprint density at radius 2 is 1.73 bits per heavy atom. The molecule has 0 saturated heterocycles. The highest BCUT2D eigenvalue weighted by molar-refractivity contribution is 5.80. The number of rotatable bonds is 9. The minimum atomic E-state index is -0.673. The number of nitrogens with one attached hydrogen (secondary N) is 1. The number of aryl methyl sites for hydroxylation is 1. The first kappa shape index (κ1) is 26.7. The van der Waals surface area contributed by atoms with Crippen LogP contribution in [0.1, 0.15) is 32.2 Å². The number of H-pyrrole nitrogens is 1. The van der Waals surface area contributed by atoms with Gasteiger partial charge in [-0.15, -0.1) is 10.2 Å². The third-order valence-corrected chi connectivity index (χ3v) is 6.69. The number of methoxy groups -OCH3 is 1. The lowest BCUT2D eigenvalue weighted by atomic mass is 9.98. The largest absolute Gasteiger partial charge is 0.468 e. The van der Waals surface area contributed by atoms with Crippen molar-refractivity contribution >= 4 is 17.1 Å². The molecule has 0 fully saturated rings. The number of hydrogen-bond donors (Lipinski definition) is 1. The molecule has 0 aliphatic heterocycles. The Morgan fingerprint density at radius 1 is 1.00 bits per heavy atom. The molecule has 1 N–H and O–H groups in total. The predicted molar refractivity (Wildman–Crippen MR) is 149 cm³/mol. The fraction of sp³-hybridized carbons (Fsp3) is 0.321. The first-order valence-corrected chi connectivity index (χ1v) is 13.0. The first-order valence-electron chi connectivity index (χ1n) is 13.0. The van der Waals surface area contributed by atoms with Gasteiger partial charge in [0.1, 0.15) is 12.4 Å². The van der Waals surface area contributed by atoms with Gasteiger partial charge in [-0.05, 0) is 27.8 Å². The van der Waals surface area contributed by atoms with Crippen LogP contribution in [-0.4, -0.2) is 52.4 Å². The van der Waals surface area contributed by atoms with E-state index in [1.165, 1.54) is 11.7 Å². The molecule has 0 aliphatic carbocycles. The van der Waals surface area contributed by atoms with E-state index in [9.17, 15) is 14.4 Å². The number of carbonyl (C=O) groups excluding carboxylic acids is 1. The molecule has 0 bridgehead atoms. The maximum Gasteiger partial charge on any atom is 0.333 e. The number of benzene rings is 2. The van der Waals surface area contributed by atoms with Gasteiger partial charge in [-0.2, -0.15) is 5.21 Å². The molecule has 40 heavy (non-hydrogen) atoms. The van der Waals surface area contributed by atoms with Gasteiger partial charge in [0.25, 0.3) is 5.56 Å². The molecule has 0 atom stereocenters. The van der Waals surface area contributed by atoms with Gasteiger partial charge in [0.15, 0.2) is 11.2 Å². The number of aromatic nitrogens is 8. The van der Waals surface area contributed by atoms with E-state index >= 15 is 0 Å². The molecule has 0 saturated carbocycles. The van der Waals surface area contributed by atoms with Crippen molar-refractivity contribution in [2.75, 3.05) is 7.11 Å². The number of aromatic amines is 1. The third-order valence-electron chi connectivity index (χ3n) is 6.69. The average molecular weight is 543 g/mol. The number of carbonyl (C=O) groups is 1. The Morgan fingerprint density at radius 3 is 2.35 bits per heavy atom. The third kappa shape index (κ3) is 4.95. The van der Waals surface area contributed by atoms with Gasteiger partial charge in [0, 0.05) is 25.1 Å². The second-order valence-corrected chi connectivity index (χ2v) is 9.87. The minimum absolute atomic E-state index is 0.114. The fourth-order valence-electron chi connectivity index (χ4n) is 4.82. The molecule has 206 valence electrons. The summed E-state index contributed by atoms with van der Waals surface area (Å²) in [5, 5.41) is 14.4. The molecule has 0 spiro atoms. The zero-order valence-corrected chi connectivity index (χ0v) is 22.8. The second kappa shape index (κ2) is 11.1. The zero-order chi connectivity index (χ0) is 28.4.